The van der Waals surface area contributed by atoms with Crippen molar-refractivity contribution in [2.24, 2.45) is 5.73 Å². The van der Waals surface area contributed by atoms with E-state index in [-0.39, 0.29) is 0 Å². The number of hydrogen-bond donors (Lipinski definition) is 1. The SMILES string of the molecule is CSCc1nnc(SCc2ccc(C(N)=O)cc2)o1. The van der Waals surface area contributed by atoms with Gasteiger partial charge in [0.15, 0.2) is 0 Å². The number of aromatic nitrogens is 2. The molecule has 2 aromatic rings. The molecule has 0 fully saturated rings. The summed E-state index contributed by atoms with van der Waals surface area (Å²) in [5, 5.41) is 8.45. The molecule has 100 valence electrons. The topological polar surface area (TPSA) is 82.0 Å². The highest BCUT2D eigenvalue weighted by Crippen LogP contribution is 2.22. The van der Waals surface area contributed by atoms with E-state index in [0.717, 1.165) is 11.3 Å². The fourth-order valence-corrected chi connectivity index (χ4v) is 2.49. The zero-order chi connectivity index (χ0) is 13.7. The lowest BCUT2D eigenvalue weighted by atomic mass is 10.1. The van der Waals surface area contributed by atoms with Crippen LogP contribution in [0.5, 0.6) is 0 Å². The summed E-state index contributed by atoms with van der Waals surface area (Å²) in [5.41, 5.74) is 6.76. The lowest BCUT2D eigenvalue weighted by Crippen LogP contribution is -2.10. The van der Waals surface area contributed by atoms with Crippen molar-refractivity contribution in [2.75, 3.05) is 6.26 Å². The standard InChI is InChI=1S/C12H13N3O2S2/c1-18-7-10-14-15-12(17-10)19-6-8-2-4-9(5-3-8)11(13)16/h2-5H,6-7H2,1H3,(H2,13,16). The number of carbonyl (C=O) groups is 1. The van der Waals surface area contributed by atoms with Crippen LogP contribution in [0.15, 0.2) is 33.9 Å². The van der Waals surface area contributed by atoms with Gasteiger partial charge in [-0.25, -0.2) is 0 Å². The highest BCUT2D eigenvalue weighted by atomic mass is 32.2. The van der Waals surface area contributed by atoms with Crippen molar-refractivity contribution in [3.8, 4) is 0 Å². The second kappa shape index (κ2) is 6.63. The molecule has 7 heteroatoms. The Kier molecular flexibility index (Phi) is 4.86. The molecule has 0 bridgehead atoms. The van der Waals surface area contributed by atoms with Crippen LogP contribution in [0.3, 0.4) is 0 Å². The number of nitrogens with two attached hydrogens (primary N) is 1. The van der Waals surface area contributed by atoms with Gasteiger partial charge in [0.2, 0.25) is 11.8 Å². The van der Waals surface area contributed by atoms with E-state index in [1.54, 1.807) is 23.9 Å². The Bertz CT molecular complexity index is 554. The second-order valence-electron chi connectivity index (χ2n) is 3.74. The molecule has 1 aromatic carbocycles. The Morgan fingerprint density at radius 3 is 2.63 bits per heavy atom. The maximum Gasteiger partial charge on any atom is 0.276 e. The normalized spacial score (nSPS) is 10.6. The molecule has 1 amide bonds. The van der Waals surface area contributed by atoms with Crippen LogP contribution >= 0.6 is 23.5 Å². The van der Waals surface area contributed by atoms with Crippen molar-refractivity contribution >= 4 is 29.4 Å². The number of amides is 1. The summed E-state index contributed by atoms with van der Waals surface area (Å²) < 4.78 is 5.45. The van der Waals surface area contributed by atoms with Crippen molar-refractivity contribution in [3.63, 3.8) is 0 Å². The molecule has 0 unspecified atom stereocenters. The number of primary amides is 1. The molecule has 2 rings (SSSR count). The van der Waals surface area contributed by atoms with Gasteiger partial charge in [-0.2, -0.15) is 11.8 Å². The minimum absolute atomic E-state index is 0.419. The van der Waals surface area contributed by atoms with Crippen molar-refractivity contribution < 1.29 is 9.21 Å². The van der Waals surface area contributed by atoms with Crippen LogP contribution in [0.2, 0.25) is 0 Å². The molecule has 0 radical (unpaired) electrons. The molecule has 5 nitrogen and oxygen atoms in total. The summed E-state index contributed by atoms with van der Waals surface area (Å²) in [4.78, 5) is 10.9. The van der Waals surface area contributed by atoms with Gasteiger partial charge in [0.25, 0.3) is 5.22 Å². The highest BCUT2D eigenvalue weighted by Gasteiger charge is 2.06. The fraction of sp³-hybridized carbons (Fsp3) is 0.250. The van der Waals surface area contributed by atoms with Gasteiger partial charge in [0.1, 0.15) is 0 Å². The Morgan fingerprint density at radius 1 is 1.26 bits per heavy atom. The Hall–Kier alpha value is -1.47. The van der Waals surface area contributed by atoms with Crippen LogP contribution in [-0.2, 0) is 11.5 Å². The van der Waals surface area contributed by atoms with Gasteiger partial charge in [-0.3, -0.25) is 4.79 Å². The smallest absolute Gasteiger partial charge is 0.276 e. The summed E-state index contributed by atoms with van der Waals surface area (Å²) in [6, 6.07) is 7.16. The number of rotatable bonds is 6. The number of thioether (sulfide) groups is 2. The summed E-state index contributed by atoms with van der Waals surface area (Å²) >= 11 is 3.11. The van der Waals surface area contributed by atoms with Crippen LogP contribution in [0.25, 0.3) is 0 Å². The summed E-state index contributed by atoms with van der Waals surface area (Å²) in [5.74, 6) is 1.65. The molecular weight excluding hydrogens is 282 g/mol. The Morgan fingerprint density at radius 2 is 2.00 bits per heavy atom. The molecule has 0 spiro atoms. The first-order valence-electron chi connectivity index (χ1n) is 5.52. The largest absolute Gasteiger partial charge is 0.415 e. The van der Waals surface area contributed by atoms with Gasteiger partial charge in [-0.1, -0.05) is 23.9 Å². The molecule has 0 aliphatic heterocycles. The van der Waals surface area contributed by atoms with Crippen LogP contribution in [-0.4, -0.2) is 22.4 Å². The molecule has 0 aliphatic carbocycles. The molecule has 1 heterocycles. The number of carbonyl (C=O) groups excluding carboxylic acids is 1. The summed E-state index contributed by atoms with van der Waals surface area (Å²) in [7, 11) is 0. The lowest BCUT2D eigenvalue weighted by Gasteiger charge is -1.99. The third-order valence-electron chi connectivity index (χ3n) is 2.32. The van der Waals surface area contributed by atoms with Crippen LogP contribution in [0.1, 0.15) is 21.8 Å². The number of hydrogen-bond acceptors (Lipinski definition) is 6. The molecular formula is C12H13N3O2S2. The quantitative estimate of drug-likeness (QED) is 0.824. The van der Waals surface area contributed by atoms with Gasteiger partial charge in [-0.15, -0.1) is 10.2 Å². The van der Waals surface area contributed by atoms with E-state index in [1.165, 1.54) is 11.8 Å². The summed E-state index contributed by atoms with van der Waals surface area (Å²) in [6.07, 6.45) is 1.98. The van der Waals surface area contributed by atoms with Gasteiger partial charge >= 0.3 is 0 Å². The van der Waals surface area contributed by atoms with Crippen molar-refractivity contribution in [1.29, 1.82) is 0 Å². The first kappa shape index (κ1) is 14.0. The van der Waals surface area contributed by atoms with Crippen molar-refractivity contribution in [3.05, 3.63) is 41.3 Å². The van der Waals surface area contributed by atoms with E-state index in [4.69, 9.17) is 10.2 Å². The first-order chi connectivity index (χ1) is 9.19. The van der Waals surface area contributed by atoms with E-state index in [9.17, 15) is 4.79 Å². The average Bonchev–Trinajstić information content (AvgIpc) is 2.85. The highest BCUT2D eigenvalue weighted by molar-refractivity contribution is 7.98. The summed E-state index contributed by atoms with van der Waals surface area (Å²) in [6.45, 7) is 0. The minimum atomic E-state index is -0.419. The van der Waals surface area contributed by atoms with Gasteiger partial charge in [0, 0.05) is 11.3 Å². The Labute approximate surface area is 119 Å². The van der Waals surface area contributed by atoms with Crippen LogP contribution < -0.4 is 5.73 Å². The van der Waals surface area contributed by atoms with Crippen LogP contribution in [0.4, 0.5) is 0 Å². The lowest BCUT2D eigenvalue weighted by molar-refractivity contribution is 0.100. The molecule has 0 aliphatic rings. The minimum Gasteiger partial charge on any atom is -0.415 e. The van der Waals surface area contributed by atoms with Gasteiger partial charge in [0.05, 0.1) is 5.75 Å². The second-order valence-corrected chi connectivity index (χ2v) is 5.54. The van der Waals surface area contributed by atoms with E-state index < -0.39 is 5.91 Å². The molecule has 0 saturated carbocycles. The van der Waals surface area contributed by atoms with E-state index in [1.807, 2.05) is 18.4 Å². The zero-order valence-electron chi connectivity index (χ0n) is 10.3. The molecule has 0 atom stereocenters. The molecule has 2 N–H and O–H groups in total. The van der Waals surface area contributed by atoms with E-state index in [0.29, 0.717) is 22.4 Å². The third-order valence-corrected chi connectivity index (χ3v) is 3.74. The van der Waals surface area contributed by atoms with Crippen molar-refractivity contribution in [1.82, 2.24) is 10.2 Å². The van der Waals surface area contributed by atoms with E-state index in [2.05, 4.69) is 10.2 Å². The predicted octanol–water partition coefficient (Wildman–Crippen LogP) is 2.32. The monoisotopic (exact) mass is 295 g/mol. The molecule has 0 saturated heterocycles. The van der Waals surface area contributed by atoms with Crippen molar-refractivity contribution in [2.45, 2.75) is 16.7 Å². The van der Waals surface area contributed by atoms with Gasteiger partial charge in [-0.05, 0) is 24.0 Å². The number of nitrogens with zero attached hydrogens (tertiary/aromatic N) is 2. The third kappa shape index (κ3) is 4.00. The van der Waals surface area contributed by atoms with Gasteiger partial charge < -0.3 is 10.2 Å². The zero-order valence-corrected chi connectivity index (χ0v) is 12.0. The number of benzene rings is 1. The Balaban J connectivity index is 1.92. The molecule has 19 heavy (non-hydrogen) atoms. The predicted molar refractivity (Wildman–Crippen MR) is 76.0 cm³/mol. The van der Waals surface area contributed by atoms with Crippen LogP contribution in [0, 0.1) is 0 Å². The first-order valence-corrected chi connectivity index (χ1v) is 7.90. The fourth-order valence-electron chi connectivity index (χ4n) is 1.39. The average molecular weight is 295 g/mol. The maximum atomic E-state index is 10.9. The maximum absolute atomic E-state index is 10.9. The molecule has 1 aromatic heterocycles. The van der Waals surface area contributed by atoms with E-state index >= 15 is 0 Å².